The summed E-state index contributed by atoms with van der Waals surface area (Å²) in [5.74, 6) is 0.455. The van der Waals surface area contributed by atoms with Gasteiger partial charge in [0.15, 0.2) is 0 Å². The molecule has 2 aliphatic rings. The summed E-state index contributed by atoms with van der Waals surface area (Å²) in [4.78, 5) is 11.5. The van der Waals surface area contributed by atoms with Crippen LogP contribution in [-0.4, -0.2) is 18.0 Å². The molecule has 0 unspecified atom stereocenters. The summed E-state index contributed by atoms with van der Waals surface area (Å²) in [6.45, 7) is 3.88. The molecule has 2 bridgehead atoms. The fraction of sp³-hybridized carbons (Fsp3) is 0.667. The van der Waals surface area contributed by atoms with Crippen LogP contribution < -0.4 is 0 Å². The van der Waals surface area contributed by atoms with Crippen LogP contribution in [0.15, 0.2) is 12.2 Å². The minimum Gasteiger partial charge on any atom is -0.365 e. The van der Waals surface area contributed by atoms with Crippen LogP contribution in [-0.2, 0) is 9.53 Å². The van der Waals surface area contributed by atoms with Gasteiger partial charge in [-0.2, -0.15) is 0 Å². The van der Waals surface area contributed by atoms with Crippen molar-refractivity contribution in [3.05, 3.63) is 12.2 Å². The Morgan fingerprint density at radius 3 is 2.09 bits per heavy atom. The lowest BCUT2D eigenvalue weighted by molar-refractivity contribution is -0.142. The van der Waals surface area contributed by atoms with Crippen molar-refractivity contribution in [2.75, 3.05) is 0 Å². The van der Waals surface area contributed by atoms with Crippen molar-refractivity contribution in [3.63, 3.8) is 0 Å². The molecule has 0 saturated carbocycles. The summed E-state index contributed by atoms with van der Waals surface area (Å²) in [6, 6.07) is 0. The van der Waals surface area contributed by atoms with Gasteiger partial charge >= 0.3 is 0 Å². The summed E-state index contributed by atoms with van der Waals surface area (Å²) < 4.78 is 5.56. The molecule has 0 N–H and O–H groups in total. The zero-order valence-corrected chi connectivity index (χ0v) is 6.78. The van der Waals surface area contributed by atoms with Crippen LogP contribution in [0.5, 0.6) is 0 Å². The molecule has 1 saturated heterocycles. The summed E-state index contributed by atoms with van der Waals surface area (Å²) >= 11 is 0. The van der Waals surface area contributed by atoms with Crippen LogP contribution in [0.1, 0.15) is 13.8 Å². The minimum atomic E-state index is 0.0556. The molecule has 2 rings (SSSR count). The van der Waals surface area contributed by atoms with Crippen LogP contribution in [0.2, 0.25) is 0 Å². The Morgan fingerprint density at radius 2 is 1.64 bits per heavy atom. The molecule has 0 aromatic rings. The van der Waals surface area contributed by atoms with Crippen molar-refractivity contribution in [3.8, 4) is 0 Å². The molecule has 0 aliphatic carbocycles. The van der Waals surface area contributed by atoms with Gasteiger partial charge in [-0.1, -0.05) is 26.0 Å². The van der Waals surface area contributed by atoms with E-state index >= 15 is 0 Å². The van der Waals surface area contributed by atoms with E-state index < -0.39 is 0 Å². The maximum absolute atomic E-state index is 11.5. The highest BCUT2D eigenvalue weighted by Crippen LogP contribution is 2.32. The Morgan fingerprint density at radius 1 is 1.18 bits per heavy atom. The van der Waals surface area contributed by atoms with Gasteiger partial charge in [-0.05, 0) is 0 Å². The minimum absolute atomic E-state index is 0.0556. The Bertz CT molecular complexity index is 200. The van der Waals surface area contributed by atoms with Gasteiger partial charge in [0.1, 0.15) is 5.78 Å². The molecule has 2 heteroatoms. The van der Waals surface area contributed by atoms with Crippen LogP contribution in [0.25, 0.3) is 0 Å². The number of carbonyl (C=O) groups is 1. The van der Waals surface area contributed by atoms with E-state index in [0.717, 1.165) is 0 Å². The lowest BCUT2D eigenvalue weighted by atomic mass is 9.88. The first-order valence-corrected chi connectivity index (χ1v) is 4.07. The van der Waals surface area contributed by atoms with Crippen molar-refractivity contribution in [2.24, 2.45) is 11.8 Å². The molecular weight excluding hydrogens is 140 g/mol. The number of ketones is 1. The SMILES string of the molecule is C[C@@H]1C(=O)[C@@H](C)[C@@H]2C=C[C@@H]1O2. The second-order valence-corrected chi connectivity index (χ2v) is 3.43. The maximum Gasteiger partial charge on any atom is 0.144 e. The second kappa shape index (κ2) is 2.18. The lowest BCUT2D eigenvalue weighted by Gasteiger charge is -2.30. The summed E-state index contributed by atoms with van der Waals surface area (Å²) in [6.07, 6.45) is 4.14. The lowest BCUT2D eigenvalue weighted by Crippen LogP contribution is -2.40. The third-order valence-corrected chi connectivity index (χ3v) is 2.69. The average molecular weight is 152 g/mol. The second-order valence-electron chi connectivity index (χ2n) is 3.43. The van der Waals surface area contributed by atoms with Crippen LogP contribution in [0, 0.1) is 11.8 Å². The van der Waals surface area contributed by atoms with E-state index in [9.17, 15) is 4.79 Å². The van der Waals surface area contributed by atoms with Gasteiger partial charge in [-0.3, -0.25) is 4.79 Å². The zero-order valence-electron chi connectivity index (χ0n) is 6.78. The molecule has 2 aliphatic heterocycles. The number of rotatable bonds is 0. The Hall–Kier alpha value is -0.630. The summed E-state index contributed by atoms with van der Waals surface area (Å²) in [7, 11) is 0. The first kappa shape index (κ1) is 7.04. The van der Waals surface area contributed by atoms with Crippen molar-refractivity contribution < 1.29 is 9.53 Å². The average Bonchev–Trinajstić information content (AvgIpc) is 2.44. The van der Waals surface area contributed by atoms with E-state index in [4.69, 9.17) is 4.74 Å². The fourth-order valence-electron chi connectivity index (χ4n) is 1.80. The van der Waals surface area contributed by atoms with Crippen molar-refractivity contribution >= 4 is 5.78 Å². The molecule has 0 spiro atoms. The van der Waals surface area contributed by atoms with Crippen LogP contribution in [0.3, 0.4) is 0 Å². The molecule has 0 aromatic carbocycles. The molecule has 11 heavy (non-hydrogen) atoms. The first-order chi connectivity index (χ1) is 5.20. The smallest absolute Gasteiger partial charge is 0.144 e. The Labute approximate surface area is 66.2 Å². The largest absolute Gasteiger partial charge is 0.365 e. The molecule has 0 radical (unpaired) electrons. The van der Waals surface area contributed by atoms with Gasteiger partial charge in [-0.25, -0.2) is 0 Å². The summed E-state index contributed by atoms with van der Waals surface area (Å²) in [5, 5.41) is 0. The fourth-order valence-corrected chi connectivity index (χ4v) is 1.80. The topological polar surface area (TPSA) is 26.3 Å². The third-order valence-electron chi connectivity index (χ3n) is 2.69. The van der Waals surface area contributed by atoms with E-state index in [1.165, 1.54) is 0 Å². The quantitative estimate of drug-likeness (QED) is 0.487. The first-order valence-electron chi connectivity index (χ1n) is 4.07. The number of Topliss-reactive ketones (excluding diaryl/α,β-unsaturated/α-hetero) is 1. The van der Waals surface area contributed by atoms with Crippen LogP contribution in [0.4, 0.5) is 0 Å². The number of fused-ring (bicyclic) bond motifs is 2. The molecule has 60 valence electrons. The van der Waals surface area contributed by atoms with E-state index in [2.05, 4.69) is 0 Å². The van der Waals surface area contributed by atoms with Gasteiger partial charge < -0.3 is 4.74 Å². The normalized spacial score (nSPS) is 48.4. The molecule has 0 aromatic heterocycles. The summed E-state index contributed by atoms with van der Waals surface area (Å²) in [5.41, 5.74) is 0. The molecule has 2 nitrogen and oxygen atoms in total. The zero-order chi connectivity index (χ0) is 8.01. The Balaban J connectivity index is 2.29. The number of ether oxygens (including phenoxy) is 1. The predicted octanol–water partition coefficient (Wildman–Crippen LogP) is 1.16. The molecular formula is C9H12O2. The van der Waals surface area contributed by atoms with E-state index in [0.29, 0.717) is 5.78 Å². The van der Waals surface area contributed by atoms with Crippen LogP contribution >= 0.6 is 0 Å². The van der Waals surface area contributed by atoms with Gasteiger partial charge in [0.05, 0.1) is 12.2 Å². The standard InChI is InChI=1S/C9H12O2/c1-5-7-3-4-8(11-7)6(2)9(5)10/h3-8H,1-2H3/t5-,6-,7-,8-/m0/s1. The maximum atomic E-state index is 11.5. The van der Waals surface area contributed by atoms with E-state index in [-0.39, 0.29) is 24.0 Å². The van der Waals surface area contributed by atoms with Gasteiger partial charge in [-0.15, -0.1) is 0 Å². The van der Waals surface area contributed by atoms with Gasteiger partial charge in [0, 0.05) is 11.8 Å². The Kier molecular flexibility index (Phi) is 1.39. The van der Waals surface area contributed by atoms with Crippen molar-refractivity contribution in [1.82, 2.24) is 0 Å². The van der Waals surface area contributed by atoms with Crippen molar-refractivity contribution in [2.45, 2.75) is 26.1 Å². The van der Waals surface area contributed by atoms with E-state index in [1.54, 1.807) is 0 Å². The predicted molar refractivity (Wildman–Crippen MR) is 41.1 cm³/mol. The highest BCUT2D eigenvalue weighted by Gasteiger charge is 2.41. The van der Waals surface area contributed by atoms with E-state index in [1.807, 2.05) is 26.0 Å². The number of hydrogen-bond acceptors (Lipinski definition) is 2. The van der Waals surface area contributed by atoms with Crippen molar-refractivity contribution in [1.29, 1.82) is 0 Å². The highest BCUT2D eigenvalue weighted by molar-refractivity contribution is 5.85. The van der Waals surface area contributed by atoms with Gasteiger partial charge in [0.2, 0.25) is 0 Å². The molecule has 2 heterocycles. The highest BCUT2D eigenvalue weighted by atomic mass is 16.5. The third kappa shape index (κ3) is 0.857. The molecule has 4 atom stereocenters. The molecule has 1 fully saturated rings. The monoisotopic (exact) mass is 152 g/mol. The van der Waals surface area contributed by atoms with Gasteiger partial charge in [0.25, 0.3) is 0 Å². The number of carbonyl (C=O) groups excluding carboxylic acids is 1. The number of hydrogen-bond donors (Lipinski definition) is 0. The molecule has 0 amide bonds.